The molecule has 3 aromatic rings. The maximum Gasteiger partial charge on any atom is 0.196 e. The van der Waals surface area contributed by atoms with Gasteiger partial charge in [-0.15, -0.1) is 0 Å². The summed E-state index contributed by atoms with van der Waals surface area (Å²) in [6.45, 7) is 4.48. The minimum Gasteiger partial charge on any atom is -0.465 e. The molecule has 0 fully saturated rings. The van der Waals surface area contributed by atoms with Crippen molar-refractivity contribution in [2.24, 2.45) is 0 Å². The van der Waals surface area contributed by atoms with E-state index < -0.39 is 0 Å². The highest BCUT2D eigenvalue weighted by Gasteiger charge is 2.06. The van der Waals surface area contributed by atoms with E-state index in [1.165, 1.54) is 0 Å². The quantitative estimate of drug-likeness (QED) is 0.668. The maximum absolute atomic E-state index is 5.75. The zero-order valence-electron chi connectivity index (χ0n) is 14.2. The molecular weight excluding hydrogens is 300 g/mol. The van der Waals surface area contributed by atoms with E-state index in [4.69, 9.17) is 14.5 Å². The summed E-state index contributed by atoms with van der Waals surface area (Å²) in [5.74, 6) is 0.788. The molecule has 1 N–H and O–H groups in total. The molecule has 4 nitrogen and oxygen atoms in total. The Morgan fingerprint density at radius 3 is 2.54 bits per heavy atom. The second-order valence-corrected chi connectivity index (χ2v) is 5.52. The summed E-state index contributed by atoms with van der Waals surface area (Å²) in [5, 5.41) is 4.17. The molecule has 0 saturated heterocycles. The lowest BCUT2D eigenvalue weighted by molar-refractivity contribution is -0.0612. The van der Waals surface area contributed by atoms with E-state index in [9.17, 15) is 0 Å². The minimum absolute atomic E-state index is 0.259. The van der Waals surface area contributed by atoms with Crippen molar-refractivity contribution < 1.29 is 9.47 Å². The molecule has 2 aromatic carbocycles. The van der Waals surface area contributed by atoms with Crippen LogP contribution in [0.3, 0.4) is 0 Å². The molecule has 1 unspecified atom stereocenters. The number of benzene rings is 2. The summed E-state index contributed by atoms with van der Waals surface area (Å²) in [6, 6.07) is 18.2. The average molecular weight is 322 g/mol. The zero-order valence-corrected chi connectivity index (χ0v) is 14.2. The van der Waals surface area contributed by atoms with Crippen LogP contribution in [0.1, 0.15) is 13.8 Å². The van der Waals surface area contributed by atoms with Crippen molar-refractivity contribution in [2.45, 2.75) is 20.1 Å². The van der Waals surface area contributed by atoms with Gasteiger partial charge in [0.1, 0.15) is 5.75 Å². The zero-order chi connectivity index (χ0) is 16.9. The van der Waals surface area contributed by atoms with Crippen molar-refractivity contribution in [2.75, 3.05) is 19.0 Å². The number of anilines is 1. The monoisotopic (exact) mass is 322 g/mol. The lowest BCUT2D eigenvalue weighted by atomic mass is 10.1. The first-order chi connectivity index (χ1) is 11.7. The summed E-state index contributed by atoms with van der Waals surface area (Å²) < 4.78 is 11.2. The van der Waals surface area contributed by atoms with Crippen molar-refractivity contribution in [3.63, 3.8) is 0 Å². The Morgan fingerprint density at radius 2 is 1.83 bits per heavy atom. The normalized spacial score (nSPS) is 12.1. The third kappa shape index (κ3) is 3.66. The number of nitrogens with zero attached hydrogens (tertiary/aromatic N) is 1. The first-order valence-corrected chi connectivity index (χ1v) is 8.17. The molecule has 0 saturated carbocycles. The molecule has 0 radical (unpaired) electrons. The van der Waals surface area contributed by atoms with Gasteiger partial charge in [-0.05, 0) is 50.2 Å². The number of hydrogen-bond acceptors (Lipinski definition) is 4. The topological polar surface area (TPSA) is 43.4 Å². The van der Waals surface area contributed by atoms with Gasteiger partial charge in [0.05, 0.1) is 11.2 Å². The number of fused-ring (bicyclic) bond motifs is 1. The number of rotatable bonds is 6. The van der Waals surface area contributed by atoms with Crippen LogP contribution in [0.5, 0.6) is 5.75 Å². The predicted octanol–water partition coefficient (Wildman–Crippen LogP) is 4.70. The number of aromatic nitrogens is 1. The van der Waals surface area contributed by atoms with Gasteiger partial charge in [-0.25, -0.2) is 4.98 Å². The molecule has 1 aromatic heterocycles. The van der Waals surface area contributed by atoms with Gasteiger partial charge in [-0.1, -0.05) is 18.2 Å². The van der Waals surface area contributed by atoms with Crippen LogP contribution in [0, 0.1) is 0 Å². The fourth-order valence-electron chi connectivity index (χ4n) is 2.61. The minimum atomic E-state index is -0.259. The highest BCUT2D eigenvalue weighted by atomic mass is 16.7. The standard InChI is InChI=1S/C20H22N2O2/c1-4-23-14(2)24-18-10-12-20-16(13-18)7-11-19(22-20)15-5-8-17(21-3)9-6-15/h5-14,21H,4H2,1-3H3. The Balaban J connectivity index is 1.86. The fraction of sp³-hybridized carbons (Fsp3) is 0.250. The van der Waals surface area contributed by atoms with E-state index in [0.717, 1.165) is 33.6 Å². The number of hydrogen-bond donors (Lipinski definition) is 1. The molecule has 1 heterocycles. The molecule has 0 aliphatic rings. The van der Waals surface area contributed by atoms with Gasteiger partial charge in [0.15, 0.2) is 6.29 Å². The second kappa shape index (κ2) is 7.32. The molecule has 24 heavy (non-hydrogen) atoms. The van der Waals surface area contributed by atoms with Crippen LogP contribution in [-0.2, 0) is 4.74 Å². The molecular formula is C20H22N2O2. The van der Waals surface area contributed by atoms with E-state index >= 15 is 0 Å². The van der Waals surface area contributed by atoms with Gasteiger partial charge < -0.3 is 14.8 Å². The van der Waals surface area contributed by atoms with Gasteiger partial charge >= 0.3 is 0 Å². The van der Waals surface area contributed by atoms with E-state index in [2.05, 4.69) is 23.5 Å². The van der Waals surface area contributed by atoms with Gasteiger partial charge in [0, 0.05) is 30.3 Å². The van der Waals surface area contributed by atoms with E-state index in [-0.39, 0.29) is 6.29 Å². The smallest absolute Gasteiger partial charge is 0.196 e. The predicted molar refractivity (Wildman–Crippen MR) is 98.4 cm³/mol. The summed E-state index contributed by atoms with van der Waals surface area (Å²) in [4.78, 5) is 4.75. The van der Waals surface area contributed by atoms with Crippen LogP contribution < -0.4 is 10.1 Å². The van der Waals surface area contributed by atoms with Gasteiger partial charge in [-0.2, -0.15) is 0 Å². The molecule has 0 aliphatic heterocycles. The van der Waals surface area contributed by atoms with Crippen molar-refractivity contribution in [3.8, 4) is 17.0 Å². The van der Waals surface area contributed by atoms with Gasteiger partial charge in [0.25, 0.3) is 0 Å². The number of ether oxygens (including phenoxy) is 2. The van der Waals surface area contributed by atoms with Gasteiger partial charge in [0.2, 0.25) is 0 Å². The number of nitrogens with one attached hydrogen (secondary N) is 1. The van der Waals surface area contributed by atoms with Crippen molar-refractivity contribution in [1.82, 2.24) is 4.98 Å². The summed E-state index contributed by atoms with van der Waals surface area (Å²) >= 11 is 0. The largest absolute Gasteiger partial charge is 0.465 e. The highest BCUT2D eigenvalue weighted by molar-refractivity contribution is 5.83. The van der Waals surface area contributed by atoms with Crippen LogP contribution in [-0.4, -0.2) is 24.9 Å². The highest BCUT2D eigenvalue weighted by Crippen LogP contribution is 2.25. The molecule has 3 rings (SSSR count). The van der Waals surface area contributed by atoms with Crippen LogP contribution in [0.4, 0.5) is 5.69 Å². The Labute approximate surface area is 142 Å². The third-order valence-electron chi connectivity index (χ3n) is 3.83. The summed E-state index contributed by atoms with van der Waals surface area (Å²) in [5.41, 5.74) is 4.09. The van der Waals surface area contributed by atoms with E-state index in [0.29, 0.717) is 6.61 Å². The van der Waals surface area contributed by atoms with Crippen molar-refractivity contribution in [1.29, 1.82) is 0 Å². The van der Waals surface area contributed by atoms with Gasteiger partial charge in [-0.3, -0.25) is 0 Å². The summed E-state index contributed by atoms with van der Waals surface area (Å²) in [7, 11) is 1.91. The van der Waals surface area contributed by atoms with Crippen LogP contribution in [0.2, 0.25) is 0 Å². The van der Waals surface area contributed by atoms with E-state index in [1.807, 2.05) is 57.3 Å². The maximum atomic E-state index is 5.75. The molecule has 4 heteroatoms. The lowest BCUT2D eigenvalue weighted by Crippen LogP contribution is -2.15. The molecule has 0 bridgehead atoms. The van der Waals surface area contributed by atoms with Crippen LogP contribution >= 0.6 is 0 Å². The molecule has 0 amide bonds. The lowest BCUT2D eigenvalue weighted by Gasteiger charge is -2.14. The Morgan fingerprint density at radius 1 is 1.04 bits per heavy atom. The average Bonchev–Trinajstić information content (AvgIpc) is 2.61. The second-order valence-electron chi connectivity index (χ2n) is 5.52. The summed E-state index contributed by atoms with van der Waals surface area (Å²) in [6.07, 6.45) is -0.259. The van der Waals surface area contributed by atoms with Crippen molar-refractivity contribution >= 4 is 16.6 Å². The van der Waals surface area contributed by atoms with E-state index in [1.54, 1.807) is 0 Å². The van der Waals surface area contributed by atoms with Crippen molar-refractivity contribution in [3.05, 3.63) is 54.6 Å². The molecule has 1 atom stereocenters. The molecule has 0 aliphatic carbocycles. The van der Waals surface area contributed by atoms with Crippen LogP contribution in [0.25, 0.3) is 22.2 Å². The fourth-order valence-corrected chi connectivity index (χ4v) is 2.61. The van der Waals surface area contributed by atoms with Crippen LogP contribution in [0.15, 0.2) is 54.6 Å². The molecule has 124 valence electrons. The first-order valence-electron chi connectivity index (χ1n) is 8.17. The third-order valence-corrected chi connectivity index (χ3v) is 3.83. The number of pyridine rings is 1. The first kappa shape index (κ1) is 16.3. The Kier molecular flexibility index (Phi) is 4.96. The Bertz CT molecular complexity index is 815. The SMILES string of the molecule is CCOC(C)Oc1ccc2nc(-c3ccc(NC)cc3)ccc2c1. The Hall–Kier alpha value is -2.59. The molecule has 0 spiro atoms.